The van der Waals surface area contributed by atoms with Crippen LogP contribution >= 0.6 is 11.3 Å². The molecule has 0 saturated carbocycles. The highest BCUT2D eigenvalue weighted by Gasteiger charge is 2.06. The zero-order valence-corrected chi connectivity index (χ0v) is 11.8. The van der Waals surface area contributed by atoms with Gasteiger partial charge in [-0.2, -0.15) is 0 Å². The lowest BCUT2D eigenvalue weighted by molar-refractivity contribution is 0.0697. The minimum absolute atomic E-state index is 0.331. The lowest BCUT2D eigenvalue weighted by Crippen LogP contribution is -1.97. The first-order chi connectivity index (χ1) is 10.2. The van der Waals surface area contributed by atoms with Gasteiger partial charge in [0.25, 0.3) is 0 Å². The molecule has 0 radical (unpaired) electrons. The minimum Gasteiger partial charge on any atom is -0.478 e. The summed E-state index contributed by atoms with van der Waals surface area (Å²) in [6.45, 7) is 0.597. The molecule has 2 heterocycles. The van der Waals surface area contributed by atoms with Gasteiger partial charge in [0.2, 0.25) is 0 Å². The Morgan fingerprint density at radius 1 is 1.33 bits per heavy atom. The molecule has 0 aliphatic rings. The van der Waals surface area contributed by atoms with Crippen LogP contribution < -0.4 is 5.32 Å². The van der Waals surface area contributed by atoms with E-state index in [1.165, 1.54) is 17.7 Å². The Balaban J connectivity index is 1.64. The molecule has 3 aromatic rings. The number of hydrogen-bond acceptors (Lipinski definition) is 5. The van der Waals surface area contributed by atoms with E-state index >= 15 is 0 Å². The van der Waals surface area contributed by atoms with Gasteiger partial charge in [0.15, 0.2) is 12.2 Å². The Labute approximate surface area is 124 Å². The third-order valence-electron chi connectivity index (χ3n) is 2.97. The molecule has 0 aliphatic heterocycles. The Morgan fingerprint density at radius 3 is 2.76 bits per heavy atom. The molecule has 0 atom stereocenters. The Kier molecular flexibility index (Phi) is 3.70. The van der Waals surface area contributed by atoms with Gasteiger partial charge in [-0.15, -0.1) is 11.3 Å². The van der Waals surface area contributed by atoms with Crippen molar-refractivity contribution in [2.45, 2.75) is 6.54 Å². The van der Waals surface area contributed by atoms with E-state index in [1.54, 1.807) is 17.6 Å². The molecule has 3 rings (SSSR count). The topological polar surface area (TPSA) is 75.4 Å². The SMILES string of the molecule is O=C(O)c1csc(CNc2ccc(-c3cnco3)cc2)c1. The van der Waals surface area contributed by atoms with Crippen molar-refractivity contribution in [2.75, 3.05) is 5.32 Å². The highest BCUT2D eigenvalue weighted by Crippen LogP contribution is 2.22. The summed E-state index contributed by atoms with van der Waals surface area (Å²) < 4.78 is 5.23. The highest BCUT2D eigenvalue weighted by atomic mass is 32.1. The molecule has 5 nitrogen and oxygen atoms in total. The Hall–Kier alpha value is -2.60. The summed E-state index contributed by atoms with van der Waals surface area (Å²) in [6, 6.07) is 9.47. The van der Waals surface area contributed by atoms with Crippen molar-refractivity contribution in [1.29, 1.82) is 0 Å². The summed E-state index contributed by atoms with van der Waals surface area (Å²) in [6.07, 6.45) is 3.07. The van der Waals surface area contributed by atoms with Gasteiger partial charge in [0.05, 0.1) is 11.8 Å². The van der Waals surface area contributed by atoms with E-state index in [-0.39, 0.29) is 0 Å². The molecule has 6 heteroatoms. The molecule has 106 valence electrons. The number of nitrogens with zero attached hydrogens (tertiary/aromatic N) is 1. The third-order valence-corrected chi connectivity index (χ3v) is 3.91. The van der Waals surface area contributed by atoms with Crippen molar-refractivity contribution >= 4 is 23.0 Å². The van der Waals surface area contributed by atoms with E-state index in [2.05, 4.69) is 10.3 Å². The summed E-state index contributed by atoms with van der Waals surface area (Å²) in [5.74, 6) is -0.167. The van der Waals surface area contributed by atoms with E-state index in [0.29, 0.717) is 12.1 Å². The number of oxazole rings is 1. The van der Waals surface area contributed by atoms with Crippen LogP contribution in [-0.2, 0) is 6.54 Å². The highest BCUT2D eigenvalue weighted by molar-refractivity contribution is 7.10. The molecule has 0 saturated heterocycles. The number of hydrogen-bond donors (Lipinski definition) is 2. The summed E-state index contributed by atoms with van der Waals surface area (Å²) >= 11 is 1.43. The molecule has 0 unspecified atom stereocenters. The zero-order valence-electron chi connectivity index (χ0n) is 10.9. The van der Waals surface area contributed by atoms with Gasteiger partial charge in [-0.25, -0.2) is 9.78 Å². The number of rotatable bonds is 5. The molecule has 0 bridgehead atoms. The fraction of sp³-hybridized carbons (Fsp3) is 0.0667. The van der Waals surface area contributed by atoms with E-state index in [9.17, 15) is 4.79 Å². The summed E-state index contributed by atoms with van der Waals surface area (Å²) in [7, 11) is 0. The van der Waals surface area contributed by atoms with Crippen LogP contribution in [0.15, 0.2) is 52.7 Å². The molecule has 1 aromatic carbocycles. The second kappa shape index (κ2) is 5.80. The number of anilines is 1. The van der Waals surface area contributed by atoms with Gasteiger partial charge < -0.3 is 14.8 Å². The van der Waals surface area contributed by atoms with Crippen LogP contribution in [0.25, 0.3) is 11.3 Å². The molecule has 0 spiro atoms. The van der Waals surface area contributed by atoms with Crippen LogP contribution in [-0.4, -0.2) is 16.1 Å². The number of benzene rings is 1. The molecular formula is C15H12N2O3S. The maximum Gasteiger partial charge on any atom is 0.336 e. The number of carboxylic acid groups (broad SMARTS) is 1. The number of carboxylic acids is 1. The van der Waals surface area contributed by atoms with E-state index < -0.39 is 5.97 Å². The van der Waals surface area contributed by atoms with Crippen molar-refractivity contribution in [1.82, 2.24) is 4.98 Å². The monoisotopic (exact) mass is 300 g/mol. The Morgan fingerprint density at radius 2 is 2.14 bits per heavy atom. The molecule has 2 N–H and O–H groups in total. The van der Waals surface area contributed by atoms with E-state index in [1.807, 2.05) is 24.3 Å². The van der Waals surface area contributed by atoms with Gasteiger partial charge in [-0.05, 0) is 30.3 Å². The maximum absolute atomic E-state index is 10.8. The smallest absolute Gasteiger partial charge is 0.336 e. The normalized spacial score (nSPS) is 10.5. The van der Waals surface area contributed by atoms with Crippen molar-refractivity contribution in [2.24, 2.45) is 0 Å². The lowest BCUT2D eigenvalue weighted by atomic mass is 10.1. The summed E-state index contributed by atoms with van der Waals surface area (Å²) in [4.78, 5) is 15.7. The lowest BCUT2D eigenvalue weighted by Gasteiger charge is -2.05. The predicted molar refractivity (Wildman–Crippen MR) is 80.5 cm³/mol. The van der Waals surface area contributed by atoms with E-state index in [4.69, 9.17) is 9.52 Å². The zero-order chi connectivity index (χ0) is 14.7. The van der Waals surface area contributed by atoms with Crippen LogP contribution in [0.2, 0.25) is 0 Å². The van der Waals surface area contributed by atoms with Crippen molar-refractivity contribution < 1.29 is 14.3 Å². The molecule has 21 heavy (non-hydrogen) atoms. The fourth-order valence-corrected chi connectivity index (χ4v) is 2.68. The van der Waals surface area contributed by atoms with Crippen molar-refractivity contribution in [3.05, 3.63) is 58.7 Å². The predicted octanol–water partition coefficient (Wildman–Crippen LogP) is 3.71. The van der Waals surface area contributed by atoms with Crippen molar-refractivity contribution in [3.8, 4) is 11.3 Å². The first-order valence-corrected chi connectivity index (χ1v) is 7.14. The fourth-order valence-electron chi connectivity index (χ4n) is 1.89. The number of aromatic nitrogens is 1. The Bertz CT molecular complexity index is 733. The molecule has 0 amide bonds. The van der Waals surface area contributed by atoms with Gasteiger partial charge >= 0.3 is 5.97 Å². The maximum atomic E-state index is 10.8. The second-order valence-corrected chi connectivity index (χ2v) is 5.40. The molecule has 2 aromatic heterocycles. The van der Waals surface area contributed by atoms with Gasteiger partial charge in [0.1, 0.15) is 0 Å². The van der Waals surface area contributed by atoms with Gasteiger partial charge in [-0.1, -0.05) is 0 Å². The third kappa shape index (κ3) is 3.11. The van der Waals surface area contributed by atoms with Crippen molar-refractivity contribution in [3.63, 3.8) is 0 Å². The summed E-state index contributed by atoms with van der Waals surface area (Å²) in [5, 5.41) is 13.8. The van der Waals surface area contributed by atoms with Gasteiger partial charge in [0, 0.05) is 28.1 Å². The molecule has 0 fully saturated rings. The number of carbonyl (C=O) groups is 1. The average molecular weight is 300 g/mol. The first kappa shape index (κ1) is 13.4. The van der Waals surface area contributed by atoms with Crippen LogP contribution in [0.1, 0.15) is 15.2 Å². The number of thiophene rings is 1. The van der Waals surface area contributed by atoms with Crippen LogP contribution in [0.5, 0.6) is 0 Å². The molecular weight excluding hydrogens is 288 g/mol. The standard InChI is InChI=1S/C15H12N2O3S/c18-15(19)11-5-13(21-8-11)6-17-12-3-1-10(2-4-12)14-7-16-9-20-14/h1-5,7-9,17H,6H2,(H,18,19). The van der Waals surface area contributed by atoms with Crippen LogP contribution in [0.3, 0.4) is 0 Å². The largest absolute Gasteiger partial charge is 0.478 e. The number of aromatic carboxylic acids is 1. The summed E-state index contributed by atoms with van der Waals surface area (Å²) in [5.41, 5.74) is 2.25. The first-order valence-electron chi connectivity index (χ1n) is 6.26. The van der Waals surface area contributed by atoms with Crippen LogP contribution in [0, 0.1) is 0 Å². The van der Waals surface area contributed by atoms with Gasteiger partial charge in [-0.3, -0.25) is 0 Å². The average Bonchev–Trinajstić information content (AvgIpc) is 3.17. The minimum atomic E-state index is -0.895. The number of nitrogens with one attached hydrogen (secondary N) is 1. The quantitative estimate of drug-likeness (QED) is 0.751. The van der Waals surface area contributed by atoms with E-state index in [0.717, 1.165) is 21.9 Å². The second-order valence-electron chi connectivity index (χ2n) is 4.40. The molecule has 0 aliphatic carbocycles. The van der Waals surface area contributed by atoms with Crippen LogP contribution in [0.4, 0.5) is 5.69 Å².